The second kappa shape index (κ2) is 5.33. The van der Waals surface area contributed by atoms with Gasteiger partial charge in [0, 0.05) is 5.33 Å². The standard InChI is InChI=1S/C14H19BrO/c1-14(10-8-13(11-15)16-14)9-7-12-5-3-2-4-6-12/h2-6,13H,7-11H2,1H3. The molecule has 0 aromatic heterocycles. The molecule has 2 unspecified atom stereocenters. The molecule has 1 nitrogen and oxygen atoms in total. The molecule has 0 radical (unpaired) electrons. The Morgan fingerprint density at radius 3 is 2.75 bits per heavy atom. The average Bonchev–Trinajstić information content (AvgIpc) is 2.71. The van der Waals surface area contributed by atoms with Crippen molar-refractivity contribution in [2.45, 2.75) is 44.3 Å². The lowest BCUT2D eigenvalue weighted by molar-refractivity contribution is -0.0234. The van der Waals surface area contributed by atoms with Crippen LogP contribution in [0.1, 0.15) is 31.7 Å². The Bertz CT molecular complexity index is 325. The van der Waals surface area contributed by atoms with E-state index in [-0.39, 0.29) is 5.60 Å². The molecule has 2 rings (SSSR count). The maximum absolute atomic E-state index is 6.07. The van der Waals surface area contributed by atoms with Gasteiger partial charge in [-0.2, -0.15) is 0 Å². The second-order valence-corrected chi connectivity index (χ2v) is 5.52. The van der Waals surface area contributed by atoms with Gasteiger partial charge in [-0.1, -0.05) is 46.3 Å². The smallest absolute Gasteiger partial charge is 0.0680 e. The van der Waals surface area contributed by atoms with Gasteiger partial charge in [-0.15, -0.1) is 0 Å². The number of ether oxygens (including phenoxy) is 1. The van der Waals surface area contributed by atoms with Crippen molar-refractivity contribution in [2.75, 3.05) is 5.33 Å². The lowest BCUT2D eigenvalue weighted by atomic mass is 9.94. The number of hydrogen-bond donors (Lipinski definition) is 0. The highest BCUT2D eigenvalue weighted by atomic mass is 79.9. The normalized spacial score (nSPS) is 29.5. The highest BCUT2D eigenvalue weighted by Crippen LogP contribution is 2.34. The topological polar surface area (TPSA) is 9.23 Å². The number of rotatable bonds is 4. The van der Waals surface area contributed by atoms with Crippen LogP contribution in [0, 0.1) is 0 Å². The van der Waals surface area contributed by atoms with Crippen LogP contribution in [0.5, 0.6) is 0 Å². The van der Waals surface area contributed by atoms with E-state index in [0.717, 1.165) is 18.2 Å². The first-order valence-corrected chi connectivity index (χ1v) is 7.12. The fourth-order valence-electron chi connectivity index (χ4n) is 2.33. The SMILES string of the molecule is CC1(CCc2ccccc2)CCC(CBr)O1. The zero-order valence-corrected chi connectivity index (χ0v) is 11.4. The predicted molar refractivity (Wildman–Crippen MR) is 71.1 cm³/mol. The molecule has 1 aliphatic rings. The molecule has 2 atom stereocenters. The van der Waals surface area contributed by atoms with E-state index in [1.807, 2.05) is 0 Å². The first kappa shape index (κ1) is 12.1. The van der Waals surface area contributed by atoms with Crippen molar-refractivity contribution in [2.24, 2.45) is 0 Å². The van der Waals surface area contributed by atoms with Crippen LogP contribution in [0.3, 0.4) is 0 Å². The van der Waals surface area contributed by atoms with Crippen molar-refractivity contribution in [3.63, 3.8) is 0 Å². The van der Waals surface area contributed by atoms with E-state index in [1.165, 1.54) is 18.4 Å². The van der Waals surface area contributed by atoms with Gasteiger partial charge in [-0.25, -0.2) is 0 Å². The van der Waals surface area contributed by atoms with Crippen LogP contribution in [0.25, 0.3) is 0 Å². The molecule has 0 spiro atoms. The van der Waals surface area contributed by atoms with Crippen LogP contribution in [0.15, 0.2) is 30.3 Å². The number of halogens is 1. The van der Waals surface area contributed by atoms with Gasteiger partial charge in [0.05, 0.1) is 11.7 Å². The van der Waals surface area contributed by atoms with Crippen LogP contribution < -0.4 is 0 Å². The Labute approximate surface area is 106 Å². The van der Waals surface area contributed by atoms with E-state index in [0.29, 0.717) is 6.10 Å². The molecule has 1 aliphatic heterocycles. The van der Waals surface area contributed by atoms with Crippen LogP contribution in [-0.2, 0) is 11.2 Å². The largest absolute Gasteiger partial charge is 0.371 e. The highest BCUT2D eigenvalue weighted by Gasteiger charge is 2.34. The first-order valence-electron chi connectivity index (χ1n) is 5.99. The van der Waals surface area contributed by atoms with E-state index >= 15 is 0 Å². The van der Waals surface area contributed by atoms with Crippen LogP contribution >= 0.6 is 15.9 Å². The summed E-state index contributed by atoms with van der Waals surface area (Å²) in [5.41, 5.74) is 1.50. The minimum Gasteiger partial charge on any atom is -0.371 e. The molecule has 1 aromatic rings. The molecule has 0 amide bonds. The van der Waals surface area contributed by atoms with Crippen LogP contribution in [-0.4, -0.2) is 17.0 Å². The predicted octanol–water partition coefficient (Wildman–Crippen LogP) is 3.95. The summed E-state index contributed by atoms with van der Waals surface area (Å²) in [4.78, 5) is 0. The maximum Gasteiger partial charge on any atom is 0.0680 e. The highest BCUT2D eigenvalue weighted by molar-refractivity contribution is 9.09. The molecule has 1 heterocycles. The van der Waals surface area contributed by atoms with Crippen LogP contribution in [0.4, 0.5) is 0 Å². The minimum absolute atomic E-state index is 0.0915. The third-order valence-electron chi connectivity index (χ3n) is 3.40. The molecular formula is C14H19BrO. The number of hydrogen-bond acceptors (Lipinski definition) is 1. The zero-order chi connectivity index (χ0) is 11.4. The van der Waals surface area contributed by atoms with E-state index in [2.05, 4.69) is 53.2 Å². The molecule has 1 saturated heterocycles. The third kappa shape index (κ3) is 3.08. The van der Waals surface area contributed by atoms with Crippen molar-refractivity contribution < 1.29 is 4.74 Å². The summed E-state index contributed by atoms with van der Waals surface area (Å²) in [5.74, 6) is 0. The fourth-order valence-corrected chi connectivity index (χ4v) is 2.79. The molecule has 2 heteroatoms. The van der Waals surface area contributed by atoms with Gasteiger partial charge in [0.2, 0.25) is 0 Å². The van der Waals surface area contributed by atoms with Crippen molar-refractivity contribution >= 4 is 15.9 Å². The third-order valence-corrected chi connectivity index (χ3v) is 4.13. The molecular weight excluding hydrogens is 264 g/mol. The molecule has 88 valence electrons. The second-order valence-electron chi connectivity index (χ2n) is 4.87. The number of alkyl halides is 1. The summed E-state index contributed by atoms with van der Waals surface area (Å²) in [6, 6.07) is 10.7. The van der Waals surface area contributed by atoms with Gasteiger partial charge in [0.25, 0.3) is 0 Å². The zero-order valence-electron chi connectivity index (χ0n) is 9.79. The Hall–Kier alpha value is -0.340. The molecule has 16 heavy (non-hydrogen) atoms. The molecule has 1 fully saturated rings. The molecule has 0 bridgehead atoms. The van der Waals surface area contributed by atoms with Gasteiger partial charge < -0.3 is 4.74 Å². The van der Waals surface area contributed by atoms with E-state index in [4.69, 9.17) is 4.74 Å². The van der Waals surface area contributed by atoms with Gasteiger partial charge in [-0.05, 0) is 38.2 Å². The van der Waals surface area contributed by atoms with Gasteiger partial charge in [0.15, 0.2) is 0 Å². The van der Waals surface area contributed by atoms with Crippen LogP contribution in [0.2, 0.25) is 0 Å². The Morgan fingerprint density at radius 1 is 1.38 bits per heavy atom. The lowest BCUT2D eigenvalue weighted by Gasteiger charge is -2.24. The summed E-state index contributed by atoms with van der Waals surface area (Å²) >= 11 is 3.50. The molecule has 1 aromatic carbocycles. The number of benzene rings is 1. The number of aryl methyl sites for hydroxylation is 1. The first-order chi connectivity index (χ1) is 7.72. The fraction of sp³-hybridized carbons (Fsp3) is 0.571. The van der Waals surface area contributed by atoms with Crippen molar-refractivity contribution in [3.05, 3.63) is 35.9 Å². The van der Waals surface area contributed by atoms with Crippen molar-refractivity contribution in [1.82, 2.24) is 0 Å². The summed E-state index contributed by atoms with van der Waals surface area (Å²) in [5, 5.41) is 0.966. The summed E-state index contributed by atoms with van der Waals surface area (Å²) in [7, 11) is 0. The molecule has 0 saturated carbocycles. The Kier molecular flexibility index (Phi) is 4.04. The summed E-state index contributed by atoms with van der Waals surface area (Å²) in [6.07, 6.45) is 5.04. The molecule has 0 N–H and O–H groups in total. The monoisotopic (exact) mass is 282 g/mol. The average molecular weight is 283 g/mol. The minimum atomic E-state index is 0.0915. The van der Waals surface area contributed by atoms with Gasteiger partial charge in [0.1, 0.15) is 0 Å². The maximum atomic E-state index is 6.07. The van der Waals surface area contributed by atoms with Gasteiger partial charge in [-0.3, -0.25) is 0 Å². The van der Waals surface area contributed by atoms with E-state index < -0.39 is 0 Å². The van der Waals surface area contributed by atoms with E-state index in [9.17, 15) is 0 Å². The van der Waals surface area contributed by atoms with Gasteiger partial charge >= 0.3 is 0 Å². The molecule has 0 aliphatic carbocycles. The van der Waals surface area contributed by atoms with E-state index in [1.54, 1.807) is 0 Å². The Morgan fingerprint density at radius 2 is 2.12 bits per heavy atom. The van der Waals surface area contributed by atoms with Crippen molar-refractivity contribution in [3.8, 4) is 0 Å². The lowest BCUT2D eigenvalue weighted by Crippen LogP contribution is -2.26. The quantitative estimate of drug-likeness (QED) is 0.760. The van der Waals surface area contributed by atoms with Crippen molar-refractivity contribution in [1.29, 1.82) is 0 Å². The Balaban J connectivity index is 1.86. The summed E-state index contributed by atoms with van der Waals surface area (Å²) < 4.78 is 6.07. The summed E-state index contributed by atoms with van der Waals surface area (Å²) in [6.45, 7) is 2.25.